The molecule has 5 heteroatoms. The Bertz CT molecular complexity index is 853. The van der Waals surface area contributed by atoms with Crippen LogP contribution in [0.4, 0.5) is 0 Å². The van der Waals surface area contributed by atoms with Gasteiger partial charge >= 0.3 is 0 Å². The minimum Gasteiger partial charge on any atom is -0.463 e. The molecule has 0 radical (unpaired) electrons. The topological polar surface area (TPSA) is 75.4 Å². The Balaban J connectivity index is 1.61. The van der Waals surface area contributed by atoms with Gasteiger partial charge in [-0.3, -0.25) is 9.78 Å². The smallest absolute Gasteiger partial charge is 0.255 e. The summed E-state index contributed by atoms with van der Waals surface area (Å²) in [6.07, 6.45) is 4.27. The zero-order valence-corrected chi connectivity index (χ0v) is 13.1. The van der Waals surface area contributed by atoms with Crippen molar-refractivity contribution in [2.45, 2.75) is 25.0 Å². The van der Waals surface area contributed by atoms with Crippen LogP contribution in [0.15, 0.2) is 59.3 Å². The molecule has 1 aromatic carbocycles. The van der Waals surface area contributed by atoms with Crippen LogP contribution in [-0.4, -0.2) is 22.1 Å². The highest BCUT2D eigenvalue weighted by molar-refractivity contribution is 6.06. The molecular weight excluding hydrogens is 304 g/mol. The van der Waals surface area contributed by atoms with E-state index in [9.17, 15) is 9.90 Å². The van der Waals surface area contributed by atoms with Gasteiger partial charge < -0.3 is 14.8 Å². The molecule has 1 amide bonds. The Morgan fingerprint density at radius 1 is 1.21 bits per heavy atom. The number of furan rings is 1. The van der Waals surface area contributed by atoms with E-state index in [2.05, 4.69) is 10.3 Å². The second-order valence-corrected chi connectivity index (χ2v) is 6.24. The molecule has 1 fully saturated rings. The molecule has 4 rings (SSSR count). The van der Waals surface area contributed by atoms with E-state index in [1.165, 1.54) is 6.26 Å². The lowest BCUT2D eigenvalue weighted by Gasteiger charge is -2.37. The molecule has 1 aliphatic carbocycles. The molecule has 0 saturated heterocycles. The maximum atomic E-state index is 12.8. The van der Waals surface area contributed by atoms with E-state index in [1.807, 2.05) is 42.5 Å². The Hall–Kier alpha value is -2.66. The maximum Gasteiger partial charge on any atom is 0.255 e. The first-order valence-corrected chi connectivity index (χ1v) is 8.08. The average Bonchev–Trinajstić information content (AvgIpc) is 3.02. The number of nitrogens with zero attached hydrogens (tertiary/aromatic N) is 1. The van der Waals surface area contributed by atoms with Gasteiger partial charge in [0.15, 0.2) is 0 Å². The number of rotatable bonds is 4. The van der Waals surface area contributed by atoms with Gasteiger partial charge in [-0.2, -0.15) is 0 Å². The molecule has 2 heterocycles. The summed E-state index contributed by atoms with van der Waals surface area (Å²) in [6, 6.07) is 12.9. The molecule has 24 heavy (non-hydrogen) atoms. The zero-order chi connectivity index (χ0) is 16.5. The van der Waals surface area contributed by atoms with Crippen molar-refractivity contribution in [2.75, 3.05) is 0 Å². The normalized spacial score (nSPS) is 21.2. The maximum absolute atomic E-state index is 12.8. The Labute approximate surface area is 139 Å². The van der Waals surface area contributed by atoms with Crippen LogP contribution in [0.3, 0.4) is 0 Å². The van der Waals surface area contributed by atoms with Crippen LogP contribution in [0.2, 0.25) is 0 Å². The lowest BCUT2D eigenvalue weighted by Crippen LogP contribution is -2.41. The van der Waals surface area contributed by atoms with Gasteiger partial charge in [0.2, 0.25) is 0 Å². The number of carbonyl (C=O) groups excluding carboxylic acids is 1. The predicted molar refractivity (Wildman–Crippen MR) is 89.4 cm³/mol. The Kier molecular flexibility index (Phi) is 3.78. The summed E-state index contributed by atoms with van der Waals surface area (Å²) in [5.41, 5.74) is 2.03. The van der Waals surface area contributed by atoms with Crippen molar-refractivity contribution < 1.29 is 14.3 Å². The second kappa shape index (κ2) is 6.09. The van der Waals surface area contributed by atoms with E-state index < -0.39 is 0 Å². The molecule has 0 aliphatic heterocycles. The van der Waals surface area contributed by atoms with Crippen molar-refractivity contribution in [1.82, 2.24) is 10.3 Å². The van der Waals surface area contributed by atoms with Crippen molar-refractivity contribution in [3.05, 3.63) is 66.2 Å². The lowest BCUT2D eigenvalue weighted by atomic mass is 9.76. The van der Waals surface area contributed by atoms with Crippen LogP contribution in [0.25, 0.3) is 11.0 Å². The van der Waals surface area contributed by atoms with Crippen molar-refractivity contribution in [1.29, 1.82) is 0 Å². The summed E-state index contributed by atoms with van der Waals surface area (Å²) in [5.74, 6) is 0.00834. The van der Waals surface area contributed by atoms with E-state index in [0.717, 1.165) is 11.1 Å². The second-order valence-electron chi connectivity index (χ2n) is 6.24. The monoisotopic (exact) mass is 322 g/mol. The van der Waals surface area contributed by atoms with Crippen LogP contribution in [-0.2, 0) is 0 Å². The van der Waals surface area contributed by atoms with Gasteiger partial charge in [0.05, 0.1) is 23.4 Å². The predicted octanol–water partition coefficient (Wildman–Crippen LogP) is 3.07. The van der Waals surface area contributed by atoms with Gasteiger partial charge in [0, 0.05) is 11.6 Å². The number of nitrogens with one attached hydrogen (secondary N) is 1. The van der Waals surface area contributed by atoms with Gasteiger partial charge in [-0.1, -0.05) is 24.3 Å². The molecule has 5 nitrogen and oxygen atoms in total. The third kappa shape index (κ3) is 2.67. The SMILES string of the molecule is O=C(N[C@H](c1ccccn1)C1CC(O)C1)c1coc2ccccc12. The van der Waals surface area contributed by atoms with Gasteiger partial charge in [0.1, 0.15) is 11.8 Å². The van der Waals surface area contributed by atoms with Crippen molar-refractivity contribution in [2.24, 2.45) is 5.92 Å². The molecule has 2 N–H and O–H groups in total. The van der Waals surface area contributed by atoms with Crippen LogP contribution < -0.4 is 5.32 Å². The van der Waals surface area contributed by atoms with Gasteiger partial charge in [-0.15, -0.1) is 0 Å². The number of para-hydroxylation sites is 1. The number of carbonyl (C=O) groups is 1. The van der Waals surface area contributed by atoms with Gasteiger partial charge in [-0.05, 0) is 37.0 Å². The van der Waals surface area contributed by atoms with E-state index in [1.54, 1.807) is 6.20 Å². The number of benzene rings is 1. The summed E-state index contributed by atoms with van der Waals surface area (Å²) in [7, 11) is 0. The van der Waals surface area contributed by atoms with E-state index in [4.69, 9.17) is 4.42 Å². The molecule has 0 bridgehead atoms. The van der Waals surface area contributed by atoms with Gasteiger partial charge in [0.25, 0.3) is 5.91 Å². The number of hydrogen-bond acceptors (Lipinski definition) is 4. The highest BCUT2D eigenvalue weighted by Gasteiger charge is 2.36. The van der Waals surface area contributed by atoms with E-state index in [-0.39, 0.29) is 24.0 Å². The molecule has 2 aromatic heterocycles. The highest BCUT2D eigenvalue weighted by atomic mass is 16.3. The van der Waals surface area contributed by atoms with E-state index in [0.29, 0.717) is 24.0 Å². The molecule has 1 aliphatic rings. The molecule has 0 spiro atoms. The van der Waals surface area contributed by atoms with Crippen molar-refractivity contribution >= 4 is 16.9 Å². The van der Waals surface area contributed by atoms with Crippen LogP contribution in [0, 0.1) is 5.92 Å². The molecule has 122 valence electrons. The number of aromatic nitrogens is 1. The number of amides is 1. The number of aliphatic hydroxyl groups is 1. The third-order valence-electron chi connectivity index (χ3n) is 4.64. The minimum atomic E-state index is -0.284. The fraction of sp³-hybridized carbons (Fsp3) is 0.263. The summed E-state index contributed by atoms with van der Waals surface area (Å²) in [6.45, 7) is 0. The number of hydrogen-bond donors (Lipinski definition) is 2. The number of aliphatic hydroxyl groups excluding tert-OH is 1. The first-order valence-electron chi connectivity index (χ1n) is 8.08. The molecular formula is C19H18N2O3. The highest BCUT2D eigenvalue weighted by Crippen LogP contribution is 2.37. The average molecular weight is 322 g/mol. The standard InChI is InChI=1S/C19H18N2O3/c22-13-9-12(10-13)18(16-6-3-4-8-20-16)21-19(23)15-11-24-17-7-2-1-5-14(15)17/h1-8,11-13,18,22H,9-10H2,(H,21,23)/t12?,13?,18-/m0/s1. The quantitative estimate of drug-likeness (QED) is 0.774. The van der Waals surface area contributed by atoms with Crippen LogP contribution in [0.5, 0.6) is 0 Å². The summed E-state index contributed by atoms with van der Waals surface area (Å²) in [5, 5.41) is 13.5. The summed E-state index contributed by atoms with van der Waals surface area (Å²) >= 11 is 0. The summed E-state index contributed by atoms with van der Waals surface area (Å²) < 4.78 is 5.46. The fourth-order valence-electron chi connectivity index (χ4n) is 3.27. The van der Waals surface area contributed by atoms with Crippen LogP contribution in [0.1, 0.15) is 34.9 Å². The number of pyridine rings is 1. The first-order chi connectivity index (χ1) is 11.7. The number of fused-ring (bicyclic) bond motifs is 1. The zero-order valence-electron chi connectivity index (χ0n) is 13.1. The molecule has 1 atom stereocenters. The largest absolute Gasteiger partial charge is 0.463 e. The Morgan fingerprint density at radius 2 is 2.00 bits per heavy atom. The van der Waals surface area contributed by atoms with Gasteiger partial charge in [-0.25, -0.2) is 0 Å². The summed E-state index contributed by atoms with van der Waals surface area (Å²) in [4.78, 5) is 17.2. The fourth-order valence-corrected chi connectivity index (χ4v) is 3.27. The minimum absolute atomic E-state index is 0.183. The first kappa shape index (κ1) is 14.9. The lowest BCUT2D eigenvalue weighted by molar-refractivity contribution is 0.0228. The Morgan fingerprint density at radius 3 is 2.75 bits per heavy atom. The van der Waals surface area contributed by atoms with Crippen molar-refractivity contribution in [3.63, 3.8) is 0 Å². The molecule has 0 unspecified atom stereocenters. The van der Waals surface area contributed by atoms with Crippen molar-refractivity contribution in [3.8, 4) is 0 Å². The van der Waals surface area contributed by atoms with Crippen LogP contribution >= 0.6 is 0 Å². The third-order valence-corrected chi connectivity index (χ3v) is 4.64. The molecule has 1 saturated carbocycles. The molecule has 3 aromatic rings. The van der Waals surface area contributed by atoms with E-state index >= 15 is 0 Å².